The van der Waals surface area contributed by atoms with Crippen molar-refractivity contribution < 1.29 is 9.84 Å². The fourth-order valence-electron chi connectivity index (χ4n) is 2.30. The Morgan fingerprint density at radius 1 is 1.36 bits per heavy atom. The van der Waals surface area contributed by atoms with E-state index in [1.165, 1.54) is 17.0 Å². The van der Waals surface area contributed by atoms with Crippen LogP contribution in [-0.4, -0.2) is 38.9 Å². The Morgan fingerprint density at radius 2 is 2.12 bits per heavy atom. The number of nitrogens with zero attached hydrogens (tertiary/aromatic N) is 3. The summed E-state index contributed by atoms with van der Waals surface area (Å²) in [5, 5.41) is 13.6. The topological polar surface area (TPSA) is 89.3 Å². The maximum Gasteiger partial charge on any atom is 0.264 e. The van der Waals surface area contributed by atoms with Crippen molar-refractivity contribution in [2.75, 3.05) is 18.5 Å². The fraction of sp³-hybridized carbons (Fsp3) is 0.235. The number of nitrogens with one attached hydrogen (secondary N) is 1. The van der Waals surface area contributed by atoms with Crippen LogP contribution in [0.5, 0.6) is 5.75 Å². The molecule has 0 fully saturated rings. The van der Waals surface area contributed by atoms with E-state index in [1.54, 1.807) is 7.05 Å². The lowest BCUT2D eigenvalue weighted by Gasteiger charge is -2.14. The van der Waals surface area contributed by atoms with Gasteiger partial charge < -0.3 is 19.7 Å². The summed E-state index contributed by atoms with van der Waals surface area (Å²) < 4.78 is 6.85. The van der Waals surface area contributed by atoms with Crippen LogP contribution in [0, 0.1) is 0 Å². The van der Waals surface area contributed by atoms with Crippen LogP contribution < -0.4 is 15.6 Å². The number of ether oxygens (including phenoxy) is 1. The number of pyridine rings is 1. The van der Waals surface area contributed by atoms with Gasteiger partial charge in [0.05, 0.1) is 11.8 Å². The molecular formula is C17H17ClN4O3. The van der Waals surface area contributed by atoms with Crippen LogP contribution in [-0.2, 0) is 7.05 Å². The summed E-state index contributed by atoms with van der Waals surface area (Å²) in [5.74, 6) is 0.959. The molecule has 1 unspecified atom stereocenters. The standard InChI is InChI=1S/C17H17ClN4O3/c1-22-10-20-13-7-14(18)21-16(15(13)17(22)24)19-8-11(23)9-25-12-5-3-2-4-6-12/h2-7,10-11,23H,8-9H2,1H3,(H,19,21). The molecule has 2 N–H and O–H groups in total. The number of para-hydroxylation sites is 1. The number of aromatic nitrogens is 3. The van der Waals surface area contributed by atoms with Crippen LogP contribution in [0.2, 0.25) is 5.15 Å². The fourth-order valence-corrected chi connectivity index (χ4v) is 2.49. The molecular weight excluding hydrogens is 344 g/mol. The van der Waals surface area contributed by atoms with Gasteiger partial charge in [-0.25, -0.2) is 9.97 Å². The quantitative estimate of drug-likeness (QED) is 0.652. The molecule has 0 radical (unpaired) electrons. The predicted octanol–water partition coefficient (Wildman–Crippen LogP) is 1.83. The number of aliphatic hydroxyl groups is 1. The lowest BCUT2D eigenvalue weighted by atomic mass is 10.2. The van der Waals surface area contributed by atoms with E-state index in [4.69, 9.17) is 16.3 Å². The van der Waals surface area contributed by atoms with E-state index in [0.717, 1.165) is 0 Å². The van der Waals surface area contributed by atoms with Gasteiger partial charge in [0.1, 0.15) is 34.8 Å². The second-order valence-corrected chi connectivity index (χ2v) is 5.89. The first-order valence-electron chi connectivity index (χ1n) is 7.66. The lowest BCUT2D eigenvalue weighted by molar-refractivity contribution is 0.117. The Labute approximate surface area is 148 Å². The van der Waals surface area contributed by atoms with Crippen molar-refractivity contribution in [2.45, 2.75) is 6.10 Å². The molecule has 0 aliphatic rings. The lowest BCUT2D eigenvalue weighted by Crippen LogP contribution is -2.27. The maximum absolute atomic E-state index is 12.3. The molecule has 0 aliphatic heterocycles. The van der Waals surface area contributed by atoms with E-state index >= 15 is 0 Å². The molecule has 0 spiro atoms. The molecule has 25 heavy (non-hydrogen) atoms. The second kappa shape index (κ2) is 7.50. The first kappa shape index (κ1) is 17.2. The van der Waals surface area contributed by atoms with Crippen molar-refractivity contribution in [3.8, 4) is 5.75 Å². The van der Waals surface area contributed by atoms with E-state index in [0.29, 0.717) is 16.7 Å². The SMILES string of the molecule is Cn1cnc2cc(Cl)nc(NCC(O)COc3ccccc3)c2c1=O. The normalized spacial score (nSPS) is 12.1. The summed E-state index contributed by atoms with van der Waals surface area (Å²) in [5.41, 5.74) is 0.201. The summed E-state index contributed by atoms with van der Waals surface area (Å²) in [7, 11) is 1.61. The first-order valence-corrected chi connectivity index (χ1v) is 8.04. The molecule has 1 aromatic carbocycles. The van der Waals surface area contributed by atoms with Gasteiger partial charge in [-0.15, -0.1) is 0 Å². The van der Waals surface area contributed by atoms with Gasteiger partial charge in [-0.2, -0.15) is 0 Å². The minimum absolute atomic E-state index is 0.103. The van der Waals surface area contributed by atoms with Gasteiger partial charge in [0.15, 0.2) is 0 Å². The molecule has 130 valence electrons. The molecule has 3 aromatic rings. The average molecular weight is 361 g/mol. The van der Waals surface area contributed by atoms with Crippen molar-refractivity contribution in [1.82, 2.24) is 14.5 Å². The van der Waals surface area contributed by atoms with Gasteiger partial charge in [-0.1, -0.05) is 29.8 Å². The number of aliphatic hydroxyl groups excluding tert-OH is 1. The van der Waals surface area contributed by atoms with Gasteiger partial charge in [0, 0.05) is 19.7 Å². The van der Waals surface area contributed by atoms with Gasteiger partial charge in [0.2, 0.25) is 0 Å². The second-order valence-electron chi connectivity index (χ2n) is 5.51. The zero-order valence-corrected chi connectivity index (χ0v) is 14.3. The van der Waals surface area contributed by atoms with Crippen molar-refractivity contribution in [1.29, 1.82) is 0 Å². The van der Waals surface area contributed by atoms with Gasteiger partial charge in [0.25, 0.3) is 5.56 Å². The van der Waals surface area contributed by atoms with Crippen molar-refractivity contribution in [3.63, 3.8) is 0 Å². The molecule has 0 bridgehead atoms. The Bertz CT molecular complexity index is 930. The van der Waals surface area contributed by atoms with Crippen molar-refractivity contribution >= 4 is 28.3 Å². The average Bonchev–Trinajstić information content (AvgIpc) is 2.61. The Kier molecular flexibility index (Phi) is 5.16. The predicted molar refractivity (Wildman–Crippen MR) is 96.2 cm³/mol. The minimum atomic E-state index is -0.795. The number of halogens is 1. The smallest absolute Gasteiger partial charge is 0.264 e. The number of hydrogen-bond acceptors (Lipinski definition) is 6. The highest BCUT2D eigenvalue weighted by Gasteiger charge is 2.13. The number of fused-ring (bicyclic) bond motifs is 1. The Hall–Kier alpha value is -2.64. The summed E-state index contributed by atoms with van der Waals surface area (Å²) in [6, 6.07) is 10.7. The molecule has 2 aromatic heterocycles. The Morgan fingerprint density at radius 3 is 2.88 bits per heavy atom. The molecule has 1 atom stereocenters. The zero-order valence-electron chi connectivity index (χ0n) is 13.5. The van der Waals surface area contributed by atoms with Crippen molar-refractivity contribution in [2.24, 2.45) is 7.05 Å². The number of rotatable bonds is 6. The molecule has 0 saturated heterocycles. The van der Waals surface area contributed by atoms with Gasteiger partial charge in [-0.05, 0) is 12.1 Å². The maximum atomic E-state index is 12.3. The van der Waals surface area contributed by atoms with E-state index in [2.05, 4.69) is 15.3 Å². The molecule has 3 rings (SSSR count). The van der Waals surface area contributed by atoms with Crippen LogP contribution in [0.15, 0.2) is 47.5 Å². The van der Waals surface area contributed by atoms with Crippen LogP contribution in [0.1, 0.15) is 0 Å². The number of benzene rings is 1. The molecule has 8 heteroatoms. The Balaban J connectivity index is 1.72. The van der Waals surface area contributed by atoms with E-state index in [-0.39, 0.29) is 29.7 Å². The molecule has 0 saturated carbocycles. The van der Waals surface area contributed by atoms with Gasteiger partial charge in [-0.3, -0.25) is 4.79 Å². The molecule has 0 aliphatic carbocycles. The van der Waals surface area contributed by atoms with Crippen LogP contribution >= 0.6 is 11.6 Å². The molecule has 7 nitrogen and oxygen atoms in total. The number of anilines is 1. The summed E-state index contributed by atoms with van der Waals surface area (Å²) in [6.45, 7) is 0.249. The van der Waals surface area contributed by atoms with Crippen molar-refractivity contribution in [3.05, 3.63) is 58.2 Å². The summed E-state index contributed by atoms with van der Waals surface area (Å²) >= 11 is 5.99. The van der Waals surface area contributed by atoms with Gasteiger partial charge >= 0.3 is 0 Å². The monoisotopic (exact) mass is 360 g/mol. The number of aryl methyl sites for hydroxylation is 1. The third kappa shape index (κ3) is 4.07. The zero-order chi connectivity index (χ0) is 17.8. The summed E-state index contributed by atoms with van der Waals surface area (Å²) in [4.78, 5) is 20.6. The molecule has 0 amide bonds. The van der Waals surface area contributed by atoms with E-state index < -0.39 is 6.10 Å². The summed E-state index contributed by atoms with van der Waals surface area (Å²) in [6.07, 6.45) is 0.629. The molecule has 2 heterocycles. The third-order valence-corrected chi connectivity index (χ3v) is 3.76. The largest absolute Gasteiger partial charge is 0.491 e. The number of hydrogen-bond donors (Lipinski definition) is 2. The van der Waals surface area contributed by atoms with E-state index in [1.807, 2.05) is 30.3 Å². The highest BCUT2D eigenvalue weighted by atomic mass is 35.5. The highest BCUT2D eigenvalue weighted by Crippen LogP contribution is 2.20. The third-order valence-electron chi connectivity index (χ3n) is 3.56. The van der Waals surface area contributed by atoms with Crippen LogP contribution in [0.25, 0.3) is 10.9 Å². The highest BCUT2D eigenvalue weighted by molar-refractivity contribution is 6.30. The van der Waals surface area contributed by atoms with Crippen LogP contribution in [0.4, 0.5) is 5.82 Å². The minimum Gasteiger partial charge on any atom is -0.491 e. The first-order chi connectivity index (χ1) is 12.0. The van der Waals surface area contributed by atoms with E-state index in [9.17, 15) is 9.90 Å². The van der Waals surface area contributed by atoms with Crippen LogP contribution in [0.3, 0.4) is 0 Å².